The number of benzene rings is 1. The first-order valence-corrected chi connectivity index (χ1v) is 4.63. The van der Waals surface area contributed by atoms with E-state index in [0.717, 1.165) is 5.56 Å². The van der Waals surface area contributed by atoms with Crippen LogP contribution in [-0.2, 0) is 0 Å². The Morgan fingerprint density at radius 3 is 2.86 bits per heavy atom. The Bertz CT molecular complexity index is 379. The lowest BCUT2D eigenvalue weighted by Crippen LogP contribution is -2.09. The summed E-state index contributed by atoms with van der Waals surface area (Å²) in [6, 6.07) is 7.00. The second-order valence-electron chi connectivity index (χ2n) is 2.98. The molecule has 1 unspecified atom stereocenters. The van der Waals surface area contributed by atoms with Crippen LogP contribution in [0.4, 0.5) is 0 Å². The van der Waals surface area contributed by atoms with Crippen LogP contribution in [0.2, 0.25) is 5.02 Å². The van der Waals surface area contributed by atoms with Crippen molar-refractivity contribution in [3.63, 3.8) is 0 Å². The molecule has 0 spiro atoms. The molecule has 14 heavy (non-hydrogen) atoms. The molecule has 0 fully saturated rings. The number of rotatable bonds is 3. The van der Waals surface area contributed by atoms with Gasteiger partial charge in [0.1, 0.15) is 0 Å². The molecule has 2 nitrogen and oxygen atoms in total. The predicted octanol–water partition coefficient (Wildman–Crippen LogP) is 2.79. The minimum atomic E-state index is -0.146. The van der Waals surface area contributed by atoms with Gasteiger partial charge < -0.3 is 5.73 Å². The first-order chi connectivity index (χ1) is 6.69. The topological polar surface area (TPSA) is 49.8 Å². The average molecular weight is 207 g/mol. The van der Waals surface area contributed by atoms with Crippen LogP contribution in [0.25, 0.3) is 0 Å². The first-order valence-electron chi connectivity index (χ1n) is 4.25. The third kappa shape index (κ3) is 2.35. The van der Waals surface area contributed by atoms with Crippen LogP contribution in [0.1, 0.15) is 23.6 Å². The Balaban J connectivity index is 3.00. The second-order valence-corrected chi connectivity index (χ2v) is 3.39. The van der Waals surface area contributed by atoms with Crippen LogP contribution >= 0.6 is 11.6 Å². The highest BCUT2D eigenvalue weighted by molar-refractivity contribution is 6.31. The van der Waals surface area contributed by atoms with Crippen LogP contribution in [0.3, 0.4) is 0 Å². The summed E-state index contributed by atoms with van der Waals surface area (Å²) in [5.41, 5.74) is 7.26. The summed E-state index contributed by atoms with van der Waals surface area (Å²) >= 11 is 5.97. The van der Waals surface area contributed by atoms with Gasteiger partial charge in [0.25, 0.3) is 0 Å². The van der Waals surface area contributed by atoms with E-state index in [-0.39, 0.29) is 6.04 Å². The van der Waals surface area contributed by atoms with Gasteiger partial charge in [-0.2, -0.15) is 5.26 Å². The molecule has 0 heterocycles. The first kappa shape index (κ1) is 10.8. The van der Waals surface area contributed by atoms with Crippen molar-refractivity contribution in [1.82, 2.24) is 0 Å². The van der Waals surface area contributed by atoms with E-state index in [4.69, 9.17) is 22.6 Å². The molecule has 0 aromatic heterocycles. The number of nitriles is 1. The van der Waals surface area contributed by atoms with Crippen molar-refractivity contribution in [3.05, 3.63) is 47.0 Å². The SMILES string of the molecule is C=CCC(N)c1ccc(C#N)cc1Cl. The maximum Gasteiger partial charge on any atom is 0.0992 e. The largest absolute Gasteiger partial charge is 0.324 e. The molecule has 0 aliphatic carbocycles. The van der Waals surface area contributed by atoms with Crippen LogP contribution in [0.5, 0.6) is 0 Å². The summed E-state index contributed by atoms with van der Waals surface area (Å²) < 4.78 is 0. The molecule has 3 heteroatoms. The van der Waals surface area contributed by atoms with Crippen molar-refractivity contribution in [2.24, 2.45) is 5.73 Å². The average Bonchev–Trinajstić information content (AvgIpc) is 2.17. The van der Waals surface area contributed by atoms with E-state index in [9.17, 15) is 0 Å². The molecule has 0 aliphatic rings. The fourth-order valence-electron chi connectivity index (χ4n) is 1.20. The molecular weight excluding hydrogens is 196 g/mol. The van der Waals surface area contributed by atoms with Gasteiger partial charge in [-0.1, -0.05) is 23.7 Å². The highest BCUT2D eigenvalue weighted by Gasteiger charge is 2.08. The summed E-state index contributed by atoms with van der Waals surface area (Å²) in [6.07, 6.45) is 2.42. The molecule has 1 rings (SSSR count). The molecule has 1 aromatic carbocycles. The molecule has 1 aromatic rings. The van der Waals surface area contributed by atoms with Gasteiger partial charge in [0.05, 0.1) is 11.6 Å². The number of hydrogen-bond donors (Lipinski definition) is 1. The van der Waals surface area contributed by atoms with E-state index < -0.39 is 0 Å². The third-order valence-electron chi connectivity index (χ3n) is 1.95. The zero-order valence-corrected chi connectivity index (χ0v) is 8.46. The predicted molar refractivity (Wildman–Crippen MR) is 57.9 cm³/mol. The number of nitrogens with zero attached hydrogens (tertiary/aromatic N) is 1. The molecule has 0 saturated carbocycles. The van der Waals surface area contributed by atoms with Crippen LogP contribution in [0, 0.1) is 11.3 Å². The lowest BCUT2D eigenvalue weighted by atomic mass is 10.0. The quantitative estimate of drug-likeness (QED) is 0.774. The van der Waals surface area contributed by atoms with Gasteiger partial charge in [-0.3, -0.25) is 0 Å². The summed E-state index contributed by atoms with van der Waals surface area (Å²) in [5, 5.41) is 9.18. The van der Waals surface area contributed by atoms with E-state index in [2.05, 4.69) is 6.58 Å². The molecular formula is C11H11ClN2. The van der Waals surface area contributed by atoms with Crippen molar-refractivity contribution in [2.75, 3.05) is 0 Å². The van der Waals surface area contributed by atoms with E-state index in [1.54, 1.807) is 24.3 Å². The monoisotopic (exact) mass is 206 g/mol. The highest BCUT2D eigenvalue weighted by Crippen LogP contribution is 2.24. The zero-order chi connectivity index (χ0) is 10.6. The van der Waals surface area contributed by atoms with Gasteiger partial charge >= 0.3 is 0 Å². The Labute approximate surface area is 88.6 Å². The maximum atomic E-state index is 8.64. The highest BCUT2D eigenvalue weighted by atomic mass is 35.5. The number of halogens is 1. The minimum Gasteiger partial charge on any atom is -0.324 e. The fourth-order valence-corrected chi connectivity index (χ4v) is 1.52. The van der Waals surface area contributed by atoms with Gasteiger partial charge in [0, 0.05) is 11.1 Å². The Hall–Kier alpha value is -1.30. The van der Waals surface area contributed by atoms with E-state index >= 15 is 0 Å². The Kier molecular flexibility index (Phi) is 3.70. The van der Waals surface area contributed by atoms with Crippen LogP contribution in [-0.4, -0.2) is 0 Å². The van der Waals surface area contributed by atoms with Gasteiger partial charge in [0.15, 0.2) is 0 Å². The smallest absolute Gasteiger partial charge is 0.0992 e. The van der Waals surface area contributed by atoms with Gasteiger partial charge in [-0.25, -0.2) is 0 Å². The van der Waals surface area contributed by atoms with Crippen molar-refractivity contribution >= 4 is 11.6 Å². The number of hydrogen-bond acceptors (Lipinski definition) is 2. The molecule has 0 aliphatic heterocycles. The van der Waals surface area contributed by atoms with E-state index in [1.165, 1.54) is 0 Å². The van der Waals surface area contributed by atoms with Crippen molar-refractivity contribution < 1.29 is 0 Å². The normalized spacial score (nSPS) is 11.8. The summed E-state index contributed by atoms with van der Waals surface area (Å²) in [6.45, 7) is 3.61. The third-order valence-corrected chi connectivity index (χ3v) is 2.28. The van der Waals surface area contributed by atoms with E-state index in [0.29, 0.717) is 17.0 Å². The summed E-state index contributed by atoms with van der Waals surface area (Å²) in [4.78, 5) is 0. The standard InChI is InChI=1S/C11H11ClN2/c1-2-3-11(14)9-5-4-8(7-13)6-10(9)12/h2,4-6,11H,1,3,14H2. The number of nitrogens with two attached hydrogens (primary N) is 1. The summed E-state index contributed by atoms with van der Waals surface area (Å²) in [7, 11) is 0. The van der Waals surface area contributed by atoms with Crippen molar-refractivity contribution in [2.45, 2.75) is 12.5 Å². The van der Waals surface area contributed by atoms with Gasteiger partial charge in [-0.15, -0.1) is 6.58 Å². The molecule has 0 bridgehead atoms. The lowest BCUT2D eigenvalue weighted by Gasteiger charge is -2.11. The van der Waals surface area contributed by atoms with Crippen molar-refractivity contribution in [3.8, 4) is 6.07 Å². The molecule has 72 valence electrons. The molecule has 0 saturated heterocycles. The Morgan fingerprint density at radius 1 is 1.64 bits per heavy atom. The lowest BCUT2D eigenvalue weighted by molar-refractivity contribution is 0.742. The Morgan fingerprint density at radius 2 is 2.36 bits per heavy atom. The maximum absolute atomic E-state index is 8.64. The van der Waals surface area contributed by atoms with Gasteiger partial charge in [0.2, 0.25) is 0 Å². The van der Waals surface area contributed by atoms with E-state index in [1.807, 2.05) is 6.07 Å². The zero-order valence-electron chi connectivity index (χ0n) is 7.70. The van der Waals surface area contributed by atoms with Gasteiger partial charge in [-0.05, 0) is 24.1 Å². The second kappa shape index (κ2) is 4.80. The molecule has 2 N–H and O–H groups in total. The minimum absolute atomic E-state index is 0.146. The van der Waals surface area contributed by atoms with Crippen LogP contribution in [0.15, 0.2) is 30.9 Å². The fraction of sp³-hybridized carbons (Fsp3) is 0.182. The van der Waals surface area contributed by atoms with Crippen molar-refractivity contribution in [1.29, 1.82) is 5.26 Å². The van der Waals surface area contributed by atoms with Crippen LogP contribution < -0.4 is 5.73 Å². The molecule has 0 radical (unpaired) electrons. The summed E-state index contributed by atoms with van der Waals surface area (Å²) in [5.74, 6) is 0. The molecule has 0 amide bonds. The molecule has 1 atom stereocenters.